The van der Waals surface area contributed by atoms with Crippen LogP contribution in [0.3, 0.4) is 0 Å². The Morgan fingerprint density at radius 2 is 1.58 bits per heavy atom. The lowest BCUT2D eigenvalue weighted by Gasteiger charge is -2.37. The van der Waals surface area contributed by atoms with Crippen LogP contribution in [0.25, 0.3) is 0 Å². The van der Waals surface area contributed by atoms with E-state index in [-0.39, 0.29) is 26.4 Å². The van der Waals surface area contributed by atoms with Gasteiger partial charge in [-0.2, -0.15) is 0 Å². The van der Waals surface area contributed by atoms with Crippen LogP contribution in [0, 0.1) is 0 Å². The number of nitrogens with zero attached hydrogens (tertiary/aromatic N) is 3. The number of carbonyl (C=O) groups is 1. The third kappa shape index (κ3) is 7.02. The van der Waals surface area contributed by atoms with Crippen LogP contribution in [-0.4, -0.2) is 110 Å². The summed E-state index contributed by atoms with van der Waals surface area (Å²) in [6.45, 7) is 2.72. The van der Waals surface area contributed by atoms with Crippen LogP contribution in [0.2, 0.25) is 0 Å². The molecule has 0 aliphatic carbocycles. The van der Waals surface area contributed by atoms with Crippen molar-refractivity contribution in [3.05, 3.63) is 0 Å². The molecule has 0 aromatic heterocycles. The lowest BCUT2D eigenvalue weighted by Crippen LogP contribution is -2.48. The van der Waals surface area contributed by atoms with Gasteiger partial charge in [0.2, 0.25) is 0 Å². The Morgan fingerprint density at radius 3 is 2.12 bits per heavy atom. The third-order valence-electron chi connectivity index (χ3n) is 3.46. The Morgan fingerprint density at radius 1 is 1.04 bits per heavy atom. The largest absolute Gasteiger partial charge is 0.447 e. The van der Waals surface area contributed by atoms with E-state index in [0.717, 1.165) is 0 Å². The maximum atomic E-state index is 12.1. The summed E-state index contributed by atoms with van der Waals surface area (Å²) in [5.74, 6) is 0. The minimum Gasteiger partial charge on any atom is -0.447 e. The number of hydrogen-bond donors (Lipinski definition) is 2. The molecule has 142 valence electrons. The van der Waals surface area contributed by atoms with Gasteiger partial charge in [0.1, 0.15) is 6.61 Å². The van der Waals surface area contributed by atoms with E-state index in [9.17, 15) is 14.3 Å². The summed E-state index contributed by atoms with van der Waals surface area (Å²) in [5.41, 5.74) is 0. The molecule has 0 radical (unpaired) electrons. The molecule has 1 amide bonds. The molecule has 0 saturated carbocycles. The van der Waals surface area contributed by atoms with E-state index in [1.165, 1.54) is 14.2 Å². The Kier molecular flexibility index (Phi) is 9.75. The van der Waals surface area contributed by atoms with Crippen molar-refractivity contribution in [3.8, 4) is 0 Å². The molecule has 1 saturated heterocycles. The van der Waals surface area contributed by atoms with Crippen molar-refractivity contribution < 1.29 is 33.6 Å². The average molecular weight is 369 g/mol. The minimum atomic E-state index is -3.50. The number of piperazine rings is 1. The van der Waals surface area contributed by atoms with Gasteiger partial charge in [-0.1, -0.05) is 0 Å². The van der Waals surface area contributed by atoms with Crippen molar-refractivity contribution in [2.24, 2.45) is 0 Å². The molecular formula is C13H28N3O7P. The van der Waals surface area contributed by atoms with Crippen molar-refractivity contribution >= 4 is 13.8 Å². The molecule has 0 aromatic carbocycles. The number of rotatable bonds is 10. The fourth-order valence-corrected chi connectivity index (χ4v) is 3.26. The van der Waals surface area contributed by atoms with Gasteiger partial charge in [-0.15, -0.1) is 0 Å². The summed E-state index contributed by atoms with van der Waals surface area (Å²) in [6.07, 6.45) is -0.451. The summed E-state index contributed by atoms with van der Waals surface area (Å²) in [5, 5.41) is 8.52. The Balaban J connectivity index is 2.14. The van der Waals surface area contributed by atoms with E-state index in [0.29, 0.717) is 39.4 Å². The van der Waals surface area contributed by atoms with E-state index in [4.69, 9.17) is 19.3 Å². The highest BCUT2D eigenvalue weighted by atomic mass is 31.2. The fraction of sp³-hybridized carbons (Fsp3) is 0.923. The number of aliphatic hydroxyl groups excluding tert-OH is 1. The summed E-state index contributed by atoms with van der Waals surface area (Å²) < 4.78 is 30.2. The monoisotopic (exact) mass is 369 g/mol. The van der Waals surface area contributed by atoms with Crippen LogP contribution in [0.15, 0.2) is 0 Å². The van der Waals surface area contributed by atoms with Gasteiger partial charge in [-0.3, -0.25) is 4.57 Å². The lowest BCUT2D eigenvalue weighted by atomic mass is 10.4. The first kappa shape index (κ1) is 21.3. The van der Waals surface area contributed by atoms with Crippen LogP contribution in [0.1, 0.15) is 0 Å². The highest BCUT2D eigenvalue weighted by molar-refractivity contribution is 7.52. The van der Waals surface area contributed by atoms with E-state index in [1.807, 2.05) is 0 Å². The van der Waals surface area contributed by atoms with Crippen LogP contribution in [-0.2, 0) is 18.8 Å². The predicted octanol–water partition coefficient (Wildman–Crippen LogP) is -0.572. The zero-order chi connectivity index (χ0) is 18.0. The standard InChI is InChI=1S/C13H28N3O7P/c1-14(2)24(19,20)16-5-3-15(4-6-16)13(18)23-12-11-22-10-9-21-8-7-17/h17H,3-12H2,1-2H3,(H,19,20). The molecule has 1 aliphatic rings. The summed E-state index contributed by atoms with van der Waals surface area (Å²) in [4.78, 5) is 23.4. The third-order valence-corrected chi connectivity index (χ3v) is 5.64. The second kappa shape index (κ2) is 11.0. The van der Waals surface area contributed by atoms with E-state index >= 15 is 0 Å². The highest BCUT2D eigenvalue weighted by Gasteiger charge is 2.34. The SMILES string of the molecule is CN(C)P(=O)(O)N1CCN(C(=O)OCCOCCOCCO)CC1. The van der Waals surface area contributed by atoms with Gasteiger partial charge in [0, 0.05) is 26.2 Å². The van der Waals surface area contributed by atoms with Gasteiger partial charge in [-0.05, 0) is 14.1 Å². The zero-order valence-corrected chi connectivity index (χ0v) is 15.2. The molecule has 1 atom stereocenters. The van der Waals surface area contributed by atoms with E-state index < -0.39 is 13.8 Å². The number of aliphatic hydroxyl groups is 1. The molecule has 1 heterocycles. The Bertz CT molecular complexity index is 416. The van der Waals surface area contributed by atoms with Gasteiger partial charge >= 0.3 is 13.8 Å². The summed E-state index contributed by atoms with van der Waals surface area (Å²) >= 11 is 0. The highest BCUT2D eigenvalue weighted by Crippen LogP contribution is 2.46. The first-order valence-corrected chi connectivity index (χ1v) is 9.40. The molecule has 0 spiro atoms. The second-order valence-corrected chi connectivity index (χ2v) is 7.76. The quantitative estimate of drug-likeness (QED) is 0.386. The lowest BCUT2D eigenvalue weighted by molar-refractivity contribution is 0.0127. The zero-order valence-electron chi connectivity index (χ0n) is 14.3. The Labute approximate surface area is 142 Å². The van der Waals surface area contributed by atoms with Crippen LogP contribution < -0.4 is 0 Å². The van der Waals surface area contributed by atoms with Gasteiger partial charge in [0.15, 0.2) is 0 Å². The van der Waals surface area contributed by atoms with E-state index in [1.54, 1.807) is 14.1 Å². The fourth-order valence-electron chi connectivity index (χ4n) is 2.06. The normalized spacial score (nSPS) is 18.6. The van der Waals surface area contributed by atoms with Crippen LogP contribution >= 0.6 is 7.67 Å². The number of amides is 1. The number of carbonyl (C=O) groups excluding carboxylic acids is 1. The van der Waals surface area contributed by atoms with E-state index in [2.05, 4.69) is 0 Å². The molecule has 0 aromatic rings. The Hall–Kier alpha value is -0.740. The molecule has 1 unspecified atom stereocenters. The molecule has 11 heteroatoms. The van der Waals surface area contributed by atoms with Crippen LogP contribution in [0.5, 0.6) is 0 Å². The first-order chi connectivity index (χ1) is 11.4. The topological polar surface area (TPSA) is 112 Å². The molecule has 24 heavy (non-hydrogen) atoms. The van der Waals surface area contributed by atoms with Crippen molar-refractivity contribution in [2.45, 2.75) is 0 Å². The number of ether oxygens (including phenoxy) is 3. The summed E-state index contributed by atoms with van der Waals surface area (Å²) in [6, 6.07) is 0. The molecule has 1 rings (SSSR count). The van der Waals surface area contributed by atoms with Gasteiger partial charge in [-0.25, -0.2) is 14.1 Å². The maximum Gasteiger partial charge on any atom is 0.409 e. The first-order valence-electron chi connectivity index (χ1n) is 7.83. The molecule has 0 bridgehead atoms. The van der Waals surface area contributed by atoms with Crippen molar-refractivity contribution in [1.29, 1.82) is 0 Å². The minimum absolute atomic E-state index is 0.0227. The maximum absolute atomic E-state index is 12.1. The molecule has 10 nitrogen and oxygen atoms in total. The van der Waals surface area contributed by atoms with Gasteiger partial charge in [0.25, 0.3) is 0 Å². The van der Waals surface area contributed by atoms with Crippen molar-refractivity contribution in [1.82, 2.24) is 14.2 Å². The molecule has 1 aliphatic heterocycles. The molecular weight excluding hydrogens is 341 g/mol. The number of hydrogen-bond acceptors (Lipinski definition) is 6. The average Bonchev–Trinajstić information content (AvgIpc) is 2.57. The second-order valence-electron chi connectivity index (χ2n) is 5.36. The predicted molar refractivity (Wildman–Crippen MR) is 86.7 cm³/mol. The van der Waals surface area contributed by atoms with Gasteiger partial charge in [0.05, 0.1) is 33.0 Å². The van der Waals surface area contributed by atoms with Crippen LogP contribution in [0.4, 0.5) is 4.79 Å². The van der Waals surface area contributed by atoms with Crippen molar-refractivity contribution in [3.63, 3.8) is 0 Å². The summed E-state index contributed by atoms with van der Waals surface area (Å²) in [7, 11) is -0.395. The molecule has 1 fully saturated rings. The molecule has 2 N–H and O–H groups in total. The van der Waals surface area contributed by atoms with Crippen molar-refractivity contribution in [2.75, 3.05) is 79.9 Å². The smallest absolute Gasteiger partial charge is 0.409 e. The van der Waals surface area contributed by atoms with Gasteiger partial charge < -0.3 is 29.1 Å².